The Balaban J connectivity index is 1.65. The van der Waals surface area contributed by atoms with Crippen LogP contribution in [0.5, 0.6) is 0 Å². The van der Waals surface area contributed by atoms with Crippen molar-refractivity contribution in [1.82, 2.24) is 19.8 Å². The van der Waals surface area contributed by atoms with Crippen LogP contribution in [0.3, 0.4) is 0 Å². The van der Waals surface area contributed by atoms with Crippen molar-refractivity contribution in [3.63, 3.8) is 0 Å². The Morgan fingerprint density at radius 1 is 1.23 bits per heavy atom. The molecule has 2 atom stereocenters. The van der Waals surface area contributed by atoms with Gasteiger partial charge in [-0.05, 0) is 12.1 Å². The van der Waals surface area contributed by atoms with E-state index in [1.54, 1.807) is 29.1 Å². The molecule has 0 spiro atoms. The molecule has 6 nitrogen and oxygen atoms in total. The zero-order valence-electron chi connectivity index (χ0n) is 14.7. The molecule has 2 unspecified atom stereocenters. The summed E-state index contributed by atoms with van der Waals surface area (Å²) in [4.78, 5) is 28.3. The number of likely N-dealkylation sites (N-methyl/N-ethyl adjacent to an activating group) is 1. The van der Waals surface area contributed by atoms with Crippen molar-refractivity contribution in [3.8, 4) is 0 Å². The van der Waals surface area contributed by atoms with Crippen LogP contribution in [0.25, 0.3) is 0 Å². The molecule has 0 aliphatic carbocycles. The molecule has 9 heteroatoms. The molecule has 2 aliphatic heterocycles. The van der Waals surface area contributed by atoms with Crippen LogP contribution in [0.4, 0.5) is 4.39 Å². The molecule has 2 amide bonds. The lowest BCUT2D eigenvalue weighted by Crippen LogP contribution is -2.65. The Labute approximate surface area is 162 Å². The molecule has 26 heavy (non-hydrogen) atoms. The Hall–Kier alpha value is -1.41. The van der Waals surface area contributed by atoms with E-state index in [0.29, 0.717) is 30.2 Å². The fraction of sp³-hybridized carbons (Fsp3) is 0.529. The van der Waals surface area contributed by atoms with Crippen LogP contribution < -0.4 is 0 Å². The minimum atomic E-state index is -0.691. The zero-order chi connectivity index (χ0) is 19.0. The van der Waals surface area contributed by atoms with E-state index in [4.69, 9.17) is 23.2 Å². The first-order valence-corrected chi connectivity index (χ1v) is 9.18. The SMILES string of the molecule is CN1CC(N2CCN(Cc3ccc(Cl)cc3F)C(=O)C2)C(Cl)C(=O)N1C. The van der Waals surface area contributed by atoms with Gasteiger partial charge in [0.05, 0.1) is 12.6 Å². The average molecular weight is 403 g/mol. The molecule has 2 fully saturated rings. The lowest BCUT2D eigenvalue weighted by molar-refractivity contribution is -0.156. The average Bonchev–Trinajstić information content (AvgIpc) is 2.60. The fourth-order valence-corrected chi connectivity index (χ4v) is 3.87. The normalized spacial score (nSPS) is 25.9. The summed E-state index contributed by atoms with van der Waals surface area (Å²) in [5.74, 6) is -0.705. The molecule has 2 heterocycles. The van der Waals surface area contributed by atoms with Gasteiger partial charge in [0.2, 0.25) is 5.91 Å². The molecular weight excluding hydrogens is 382 g/mol. The smallest absolute Gasteiger partial charge is 0.256 e. The number of rotatable bonds is 3. The highest BCUT2D eigenvalue weighted by Gasteiger charge is 2.41. The molecule has 0 saturated carbocycles. The van der Waals surface area contributed by atoms with Gasteiger partial charge in [0.1, 0.15) is 11.2 Å². The van der Waals surface area contributed by atoms with Crippen LogP contribution >= 0.6 is 23.2 Å². The third kappa shape index (κ3) is 3.81. The summed E-state index contributed by atoms with van der Waals surface area (Å²) in [6.07, 6.45) is 0. The number of nitrogens with zero attached hydrogens (tertiary/aromatic N) is 4. The maximum atomic E-state index is 14.0. The van der Waals surface area contributed by atoms with Crippen molar-refractivity contribution >= 4 is 35.0 Å². The molecule has 2 aliphatic rings. The first-order valence-electron chi connectivity index (χ1n) is 8.36. The number of halogens is 3. The molecule has 1 aromatic carbocycles. The molecule has 142 valence electrons. The maximum Gasteiger partial charge on any atom is 0.256 e. The Bertz CT molecular complexity index is 720. The monoisotopic (exact) mass is 402 g/mol. The molecular formula is C17H21Cl2FN4O2. The molecule has 0 bridgehead atoms. The third-order valence-electron chi connectivity index (χ3n) is 5.05. The minimum Gasteiger partial charge on any atom is -0.336 e. The van der Waals surface area contributed by atoms with Gasteiger partial charge in [0.25, 0.3) is 5.91 Å². The highest BCUT2D eigenvalue weighted by Crippen LogP contribution is 2.23. The van der Waals surface area contributed by atoms with Crippen LogP contribution in [-0.2, 0) is 16.1 Å². The van der Waals surface area contributed by atoms with E-state index in [9.17, 15) is 14.0 Å². The molecule has 0 radical (unpaired) electrons. The van der Waals surface area contributed by atoms with Crippen LogP contribution in [0.1, 0.15) is 5.56 Å². The number of carbonyl (C=O) groups excluding carboxylic acids is 2. The Morgan fingerprint density at radius 3 is 2.62 bits per heavy atom. The van der Waals surface area contributed by atoms with Gasteiger partial charge in [-0.3, -0.25) is 19.5 Å². The second-order valence-electron chi connectivity index (χ2n) is 6.69. The van der Waals surface area contributed by atoms with Crippen LogP contribution in [-0.4, -0.2) is 83.3 Å². The zero-order valence-corrected chi connectivity index (χ0v) is 16.2. The summed E-state index contributed by atoms with van der Waals surface area (Å²) < 4.78 is 14.0. The van der Waals surface area contributed by atoms with Crippen LogP contribution in [0.2, 0.25) is 5.02 Å². The predicted molar refractivity (Wildman–Crippen MR) is 97.2 cm³/mol. The van der Waals surface area contributed by atoms with E-state index in [1.165, 1.54) is 11.1 Å². The summed E-state index contributed by atoms with van der Waals surface area (Å²) in [5, 5.41) is 2.93. The van der Waals surface area contributed by atoms with E-state index in [2.05, 4.69) is 0 Å². The first-order chi connectivity index (χ1) is 12.3. The molecule has 2 saturated heterocycles. The van der Waals surface area contributed by atoms with Crippen molar-refractivity contribution in [2.75, 3.05) is 40.3 Å². The number of amides is 2. The van der Waals surface area contributed by atoms with E-state index in [1.807, 2.05) is 11.9 Å². The van der Waals surface area contributed by atoms with Gasteiger partial charge >= 0.3 is 0 Å². The molecule has 1 aromatic rings. The van der Waals surface area contributed by atoms with Crippen molar-refractivity contribution in [1.29, 1.82) is 0 Å². The van der Waals surface area contributed by atoms with Crippen molar-refractivity contribution in [2.45, 2.75) is 18.0 Å². The maximum absolute atomic E-state index is 14.0. The number of carbonyl (C=O) groups is 2. The van der Waals surface area contributed by atoms with Gasteiger partial charge in [-0.15, -0.1) is 11.6 Å². The number of hydrogen-bond acceptors (Lipinski definition) is 4. The number of piperazine rings is 1. The van der Waals surface area contributed by atoms with Gasteiger partial charge in [-0.2, -0.15) is 0 Å². The van der Waals surface area contributed by atoms with E-state index in [0.717, 1.165) is 0 Å². The van der Waals surface area contributed by atoms with Crippen LogP contribution in [0, 0.1) is 5.82 Å². The van der Waals surface area contributed by atoms with Crippen molar-refractivity contribution in [2.24, 2.45) is 0 Å². The Morgan fingerprint density at radius 2 is 1.96 bits per heavy atom. The van der Waals surface area contributed by atoms with Gasteiger partial charge in [0.15, 0.2) is 0 Å². The van der Waals surface area contributed by atoms with Gasteiger partial charge in [0, 0.05) is 50.9 Å². The summed E-state index contributed by atoms with van der Waals surface area (Å²) in [5.41, 5.74) is 0.431. The summed E-state index contributed by atoms with van der Waals surface area (Å²) in [6, 6.07) is 4.22. The van der Waals surface area contributed by atoms with Crippen molar-refractivity contribution < 1.29 is 14.0 Å². The second-order valence-corrected chi connectivity index (χ2v) is 7.60. The van der Waals surface area contributed by atoms with Gasteiger partial charge in [-0.25, -0.2) is 9.40 Å². The lowest BCUT2D eigenvalue weighted by atomic mass is 10.1. The number of alkyl halides is 1. The van der Waals surface area contributed by atoms with E-state index >= 15 is 0 Å². The highest BCUT2D eigenvalue weighted by molar-refractivity contribution is 6.31. The quantitative estimate of drug-likeness (QED) is 0.717. The molecule has 3 rings (SSSR count). The summed E-state index contributed by atoms with van der Waals surface area (Å²) in [7, 11) is 3.49. The number of hydrogen-bond donors (Lipinski definition) is 0. The Kier molecular flexibility index (Phi) is 5.72. The largest absolute Gasteiger partial charge is 0.336 e. The van der Waals surface area contributed by atoms with Crippen LogP contribution in [0.15, 0.2) is 18.2 Å². The lowest BCUT2D eigenvalue weighted by Gasteiger charge is -2.46. The number of benzene rings is 1. The third-order valence-corrected chi connectivity index (χ3v) is 5.76. The highest BCUT2D eigenvalue weighted by atomic mass is 35.5. The predicted octanol–water partition coefficient (Wildman–Crippen LogP) is 1.42. The fourth-order valence-electron chi connectivity index (χ4n) is 3.33. The molecule has 0 aromatic heterocycles. The van der Waals surface area contributed by atoms with Crippen molar-refractivity contribution in [3.05, 3.63) is 34.6 Å². The standard InChI is InChI=1S/C17H21Cl2FN4O2/c1-21-9-14(16(19)17(26)22(21)2)23-5-6-24(15(25)10-23)8-11-3-4-12(18)7-13(11)20/h3-4,7,14,16H,5-6,8-10H2,1-2H3. The van der Waals surface area contributed by atoms with Gasteiger partial charge in [-0.1, -0.05) is 17.7 Å². The summed E-state index contributed by atoms with van der Waals surface area (Å²) >= 11 is 12.1. The summed E-state index contributed by atoms with van der Waals surface area (Å²) in [6.45, 7) is 1.96. The van der Waals surface area contributed by atoms with E-state index in [-0.39, 0.29) is 30.9 Å². The minimum absolute atomic E-state index is 0.108. The van der Waals surface area contributed by atoms with E-state index < -0.39 is 11.2 Å². The first kappa shape index (κ1) is 19.4. The second kappa shape index (κ2) is 7.68. The van der Waals surface area contributed by atoms with Gasteiger partial charge < -0.3 is 4.90 Å². The molecule has 0 N–H and O–H groups in total. The number of hydrazine groups is 1. The topological polar surface area (TPSA) is 47.1 Å².